The van der Waals surface area contributed by atoms with Gasteiger partial charge in [0, 0.05) is 0 Å². The summed E-state index contributed by atoms with van der Waals surface area (Å²) in [6, 6.07) is 31.0. The molecule has 28 heavy (non-hydrogen) atoms. The van der Waals surface area contributed by atoms with Gasteiger partial charge in [-0.25, -0.2) is 0 Å². The zero-order valence-electron chi connectivity index (χ0n) is 15.6. The number of fused-ring (bicyclic) bond motifs is 3. The Bertz CT molecular complexity index is 1120. The van der Waals surface area contributed by atoms with E-state index in [0.717, 1.165) is 35.2 Å². The molecule has 136 valence electrons. The molecule has 0 N–H and O–H groups in total. The molecule has 0 radical (unpaired) electrons. The number of carbonyl (C=O) groups excluding carboxylic acids is 1. The van der Waals surface area contributed by atoms with Crippen LogP contribution in [0.2, 0.25) is 0 Å². The van der Waals surface area contributed by atoms with E-state index in [9.17, 15) is 4.79 Å². The molecule has 0 bridgehead atoms. The zero-order valence-corrected chi connectivity index (χ0v) is 15.6. The largest absolute Gasteiger partial charge is 0.280 e. The summed E-state index contributed by atoms with van der Waals surface area (Å²) in [6.07, 6.45) is 2.28. The minimum atomic E-state index is 0.109. The van der Waals surface area contributed by atoms with E-state index in [1.807, 2.05) is 35.2 Å². The van der Waals surface area contributed by atoms with Gasteiger partial charge in [0.15, 0.2) is 0 Å². The summed E-state index contributed by atoms with van der Waals surface area (Å²) in [5, 5.41) is 2.32. The molecule has 0 saturated carbocycles. The van der Waals surface area contributed by atoms with Gasteiger partial charge in [-0.1, -0.05) is 78.9 Å². The molecule has 0 fully saturated rings. The highest BCUT2D eigenvalue weighted by atomic mass is 16.2. The second-order valence-electron chi connectivity index (χ2n) is 7.30. The molecule has 4 aromatic carbocycles. The average Bonchev–Trinajstić information content (AvgIpc) is 2.91. The molecule has 5 rings (SSSR count). The van der Waals surface area contributed by atoms with E-state index in [4.69, 9.17) is 0 Å². The van der Waals surface area contributed by atoms with Crippen molar-refractivity contribution in [2.45, 2.75) is 19.3 Å². The number of anilines is 2. The van der Waals surface area contributed by atoms with Crippen LogP contribution in [0.25, 0.3) is 10.8 Å². The number of nitrogens with zero attached hydrogens (tertiary/aromatic N) is 1. The van der Waals surface area contributed by atoms with Gasteiger partial charge >= 0.3 is 0 Å². The standard InChI is InChI=1S/C26H21NO/c28-26(18-22-12-7-11-19-8-1-4-13-23(19)22)27-24-14-5-2-9-20(24)16-17-21-10-3-6-15-25(21)27/h1-15H,16-18H2. The van der Waals surface area contributed by atoms with Crippen molar-refractivity contribution in [1.82, 2.24) is 0 Å². The van der Waals surface area contributed by atoms with Crippen molar-refractivity contribution in [3.63, 3.8) is 0 Å². The Morgan fingerprint density at radius 3 is 1.96 bits per heavy atom. The maximum Gasteiger partial charge on any atom is 0.236 e. The highest BCUT2D eigenvalue weighted by molar-refractivity contribution is 6.04. The Balaban J connectivity index is 1.61. The number of hydrogen-bond donors (Lipinski definition) is 0. The van der Waals surface area contributed by atoms with Crippen LogP contribution in [0.5, 0.6) is 0 Å². The molecule has 2 nitrogen and oxygen atoms in total. The fraction of sp³-hybridized carbons (Fsp3) is 0.115. The predicted molar refractivity (Wildman–Crippen MR) is 115 cm³/mol. The van der Waals surface area contributed by atoms with Gasteiger partial charge < -0.3 is 0 Å². The third-order valence-corrected chi connectivity index (χ3v) is 5.60. The lowest BCUT2D eigenvalue weighted by molar-refractivity contribution is -0.117. The molecule has 1 amide bonds. The number of benzene rings is 4. The highest BCUT2D eigenvalue weighted by Crippen LogP contribution is 2.36. The van der Waals surface area contributed by atoms with E-state index in [1.165, 1.54) is 16.5 Å². The van der Waals surface area contributed by atoms with Crippen LogP contribution in [0.3, 0.4) is 0 Å². The third kappa shape index (κ3) is 2.87. The molecule has 1 aliphatic heterocycles. The van der Waals surface area contributed by atoms with Crippen LogP contribution in [-0.4, -0.2) is 5.91 Å². The van der Waals surface area contributed by atoms with Crippen molar-refractivity contribution in [1.29, 1.82) is 0 Å². The van der Waals surface area contributed by atoms with Gasteiger partial charge in [0.25, 0.3) is 0 Å². The van der Waals surface area contributed by atoms with Crippen molar-refractivity contribution in [2.75, 3.05) is 4.90 Å². The lowest BCUT2D eigenvalue weighted by atomic mass is 10.0. The van der Waals surface area contributed by atoms with Crippen molar-refractivity contribution in [3.8, 4) is 0 Å². The summed E-state index contributed by atoms with van der Waals surface area (Å²) < 4.78 is 0. The second-order valence-corrected chi connectivity index (χ2v) is 7.30. The molecule has 0 atom stereocenters. The molecule has 0 saturated heterocycles. The SMILES string of the molecule is O=C(Cc1cccc2ccccc12)N1c2ccccc2CCc2ccccc21. The zero-order chi connectivity index (χ0) is 18.9. The summed E-state index contributed by atoms with van der Waals surface area (Å²) in [7, 11) is 0. The number of carbonyl (C=O) groups is 1. The first-order chi connectivity index (χ1) is 13.8. The van der Waals surface area contributed by atoms with E-state index < -0.39 is 0 Å². The van der Waals surface area contributed by atoms with Crippen molar-refractivity contribution >= 4 is 28.1 Å². The molecule has 0 unspecified atom stereocenters. The Kier molecular flexibility index (Phi) is 4.17. The molecule has 0 spiro atoms. The minimum absolute atomic E-state index is 0.109. The van der Waals surface area contributed by atoms with Crippen LogP contribution >= 0.6 is 0 Å². The quantitative estimate of drug-likeness (QED) is 0.438. The van der Waals surface area contributed by atoms with Crippen LogP contribution in [0.4, 0.5) is 11.4 Å². The number of amides is 1. The van der Waals surface area contributed by atoms with Crippen LogP contribution in [0.15, 0.2) is 91.0 Å². The van der Waals surface area contributed by atoms with Gasteiger partial charge in [-0.15, -0.1) is 0 Å². The summed E-state index contributed by atoms with van der Waals surface area (Å²) in [6.45, 7) is 0. The fourth-order valence-electron chi connectivity index (χ4n) is 4.24. The predicted octanol–water partition coefficient (Wildman–Crippen LogP) is 5.85. The molecule has 0 aliphatic carbocycles. The Morgan fingerprint density at radius 2 is 1.25 bits per heavy atom. The molecule has 0 aromatic heterocycles. The van der Waals surface area contributed by atoms with E-state index in [0.29, 0.717) is 6.42 Å². The Labute approximate surface area is 165 Å². The molecule has 1 heterocycles. The Hall–Kier alpha value is -3.39. The van der Waals surface area contributed by atoms with Gasteiger partial charge in [-0.2, -0.15) is 0 Å². The molecule has 2 heteroatoms. The lowest BCUT2D eigenvalue weighted by Crippen LogP contribution is -2.28. The monoisotopic (exact) mass is 363 g/mol. The first-order valence-electron chi connectivity index (χ1n) is 9.77. The van der Waals surface area contributed by atoms with E-state index in [2.05, 4.69) is 60.7 Å². The van der Waals surface area contributed by atoms with Gasteiger partial charge in [0.2, 0.25) is 5.91 Å². The maximum absolute atomic E-state index is 13.6. The van der Waals surface area contributed by atoms with Gasteiger partial charge in [-0.05, 0) is 52.4 Å². The number of aryl methyl sites for hydroxylation is 2. The third-order valence-electron chi connectivity index (χ3n) is 5.60. The topological polar surface area (TPSA) is 20.3 Å². The number of rotatable bonds is 2. The van der Waals surface area contributed by atoms with E-state index in [1.54, 1.807) is 0 Å². The maximum atomic E-state index is 13.6. The molecular formula is C26H21NO. The second kappa shape index (κ2) is 6.97. The van der Waals surface area contributed by atoms with Crippen molar-refractivity contribution < 1.29 is 4.79 Å². The van der Waals surface area contributed by atoms with Gasteiger partial charge in [0.05, 0.1) is 17.8 Å². The highest BCUT2D eigenvalue weighted by Gasteiger charge is 2.25. The van der Waals surface area contributed by atoms with Gasteiger partial charge in [-0.3, -0.25) is 9.69 Å². The molecular weight excluding hydrogens is 342 g/mol. The minimum Gasteiger partial charge on any atom is -0.280 e. The van der Waals surface area contributed by atoms with Gasteiger partial charge in [0.1, 0.15) is 0 Å². The van der Waals surface area contributed by atoms with Crippen LogP contribution in [-0.2, 0) is 24.1 Å². The number of hydrogen-bond acceptors (Lipinski definition) is 1. The summed E-state index contributed by atoms with van der Waals surface area (Å²) in [5.74, 6) is 0.109. The number of para-hydroxylation sites is 2. The first kappa shape index (κ1) is 16.8. The first-order valence-corrected chi connectivity index (χ1v) is 9.77. The summed E-state index contributed by atoms with van der Waals surface area (Å²) in [5.41, 5.74) is 5.55. The lowest BCUT2D eigenvalue weighted by Gasteiger charge is -2.25. The molecule has 1 aliphatic rings. The molecule has 4 aromatic rings. The van der Waals surface area contributed by atoms with Crippen molar-refractivity contribution in [3.05, 3.63) is 108 Å². The van der Waals surface area contributed by atoms with Crippen LogP contribution in [0.1, 0.15) is 16.7 Å². The van der Waals surface area contributed by atoms with E-state index in [-0.39, 0.29) is 5.91 Å². The van der Waals surface area contributed by atoms with Crippen LogP contribution in [0, 0.1) is 0 Å². The summed E-state index contributed by atoms with van der Waals surface area (Å²) >= 11 is 0. The average molecular weight is 363 g/mol. The summed E-state index contributed by atoms with van der Waals surface area (Å²) in [4.78, 5) is 15.5. The fourth-order valence-corrected chi connectivity index (χ4v) is 4.24. The smallest absolute Gasteiger partial charge is 0.236 e. The van der Waals surface area contributed by atoms with Crippen molar-refractivity contribution in [2.24, 2.45) is 0 Å². The Morgan fingerprint density at radius 1 is 0.679 bits per heavy atom. The van der Waals surface area contributed by atoms with Crippen LogP contribution < -0.4 is 4.90 Å². The van der Waals surface area contributed by atoms with E-state index >= 15 is 0 Å². The normalized spacial score (nSPS) is 12.9.